The van der Waals surface area contributed by atoms with Crippen molar-refractivity contribution < 1.29 is 0 Å². The van der Waals surface area contributed by atoms with E-state index in [9.17, 15) is 0 Å². The van der Waals surface area contributed by atoms with Gasteiger partial charge in [-0.3, -0.25) is 5.10 Å². The topological polar surface area (TPSA) is 33.6 Å². The molecule has 1 aliphatic rings. The third kappa shape index (κ3) is 1.67. The van der Waals surface area contributed by atoms with Crippen LogP contribution in [-0.4, -0.2) is 26.3 Å². The molecule has 0 saturated carbocycles. The van der Waals surface area contributed by atoms with Gasteiger partial charge in [0.15, 0.2) is 4.77 Å². The van der Waals surface area contributed by atoms with Crippen molar-refractivity contribution in [3.63, 3.8) is 0 Å². The van der Waals surface area contributed by atoms with Gasteiger partial charge in [0.1, 0.15) is 5.82 Å². The van der Waals surface area contributed by atoms with Gasteiger partial charge in [-0.05, 0) is 31.3 Å². The van der Waals surface area contributed by atoms with Gasteiger partial charge in [-0.1, -0.05) is 0 Å². The summed E-state index contributed by atoms with van der Waals surface area (Å²) in [7, 11) is 0. The molecule has 13 heavy (non-hydrogen) atoms. The fraction of sp³-hybridized carbons (Fsp3) is 0.750. The first-order valence-corrected chi connectivity index (χ1v) is 6.12. The standard InChI is InChI=1S/C8H13N3S2/c1-2-11-7(9-10-8(11)12)6-3-4-13-5-6/h6H,2-5H2,1H3,(H,10,12). The van der Waals surface area contributed by atoms with Crippen LogP contribution in [0.2, 0.25) is 0 Å². The summed E-state index contributed by atoms with van der Waals surface area (Å²) in [6.07, 6.45) is 1.24. The van der Waals surface area contributed by atoms with Crippen LogP contribution in [0.4, 0.5) is 0 Å². The van der Waals surface area contributed by atoms with Crippen LogP contribution in [-0.2, 0) is 6.54 Å². The molecule has 0 bridgehead atoms. The first-order chi connectivity index (χ1) is 6.33. The third-order valence-electron chi connectivity index (χ3n) is 2.40. The van der Waals surface area contributed by atoms with E-state index in [1.165, 1.54) is 17.9 Å². The molecule has 0 aliphatic carbocycles. The van der Waals surface area contributed by atoms with Crippen molar-refractivity contribution in [2.24, 2.45) is 0 Å². The van der Waals surface area contributed by atoms with Crippen LogP contribution in [0.5, 0.6) is 0 Å². The van der Waals surface area contributed by atoms with Crippen molar-refractivity contribution in [3.05, 3.63) is 10.6 Å². The van der Waals surface area contributed by atoms with Crippen LogP contribution in [0.25, 0.3) is 0 Å². The second-order valence-electron chi connectivity index (χ2n) is 3.19. The third-order valence-corrected chi connectivity index (χ3v) is 3.87. The smallest absolute Gasteiger partial charge is 0.195 e. The van der Waals surface area contributed by atoms with Gasteiger partial charge in [-0.2, -0.15) is 16.9 Å². The molecule has 3 nitrogen and oxygen atoms in total. The lowest BCUT2D eigenvalue weighted by molar-refractivity contribution is 0.624. The second kappa shape index (κ2) is 3.84. The molecule has 1 aromatic heterocycles. The predicted molar refractivity (Wildman–Crippen MR) is 57.8 cm³/mol. The number of nitrogens with zero attached hydrogens (tertiary/aromatic N) is 2. The van der Waals surface area contributed by atoms with E-state index < -0.39 is 0 Å². The molecule has 2 rings (SSSR count). The minimum Gasteiger partial charge on any atom is -0.304 e. The van der Waals surface area contributed by atoms with Crippen LogP contribution in [0, 0.1) is 4.77 Å². The molecule has 1 saturated heterocycles. The number of nitrogens with one attached hydrogen (secondary N) is 1. The van der Waals surface area contributed by atoms with Crippen molar-refractivity contribution in [1.82, 2.24) is 14.8 Å². The van der Waals surface area contributed by atoms with Crippen molar-refractivity contribution in [3.8, 4) is 0 Å². The molecule has 1 fully saturated rings. The minimum absolute atomic E-state index is 0.609. The highest BCUT2D eigenvalue weighted by molar-refractivity contribution is 7.99. The first-order valence-electron chi connectivity index (χ1n) is 4.55. The zero-order valence-corrected chi connectivity index (χ0v) is 9.25. The Morgan fingerprint density at radius 3 is 3.23 bits per heavy atom. The van der Waals surface area contributed by atoms with E-state index in [0.29, 0.717) is 5.92 Å². The fourth-order valence-electron chi connectivity index (χ4n) is 1.69. The van der Waals surface area contributed by atoms with Gasteiger partial charge >= 0.3 is 0 Å². The van der Waals surface area contributed by atoms with E-state index in [1.807, 2.05) is 11.8 Å². The van der Waals surface area contributed by atoms with Crippen LogP contribution in [0.15, 0.2) is 0 Å². The predicted octanol–water partition coefficient (Wildman–Crippen LogP) is 2.18. The SMILES string of the molecule is CCn1c(C2CCSC2)n[nH]c1=S. The summed E-state index contributed by atoms with van der Waals surface area (Å²) in [5.74, 6) is 4.21. The van der Waals surface area contributed by atoms with Gasteiger partial charge in [0, 0.05) is 18.2 Å². The van der Waals surface area contributed by atoms with Crippen molar-refractivity contribution >= 4 is 24.0 Å². The van der Waals surface area contributed by atoms with E-state index in [4.69, 9.17) is 12.2 Å². The number of aromatic nitrogens is 3. The summed E-state index contributed by atoms with van der Waals surface area (Å²) in [5, 5.41) is 7.17. The van der Waals surface area contributed by atoms with Gasteiger partial charge in [0.05, 0.1) is 0 Å². The van der Waals surface area contributed by atoms with Crippen LogP contribution < -0.4 is 0 Å². The van der Waals surface area contributed by atoms with Gasteiger partial charge in [-0.25, -0.2) is 0 Å². The monoisotopic (exact) mass is 215 g/mol. The Labute approximate surface area is 86.9 Å². The van der Waals surface area contributed by atoms with Crippen molar-refractivity contribution in [1.29, 1.82) is 0 Å². The summed E-state index contributed by atoms with van der Waals surface area (Å²) in [6.45, 7) is 3.03. The largest absolute Gasteiger partial charge is 0.304 e. The molecule has 1 aromatic rings. The van der Waals surface area contributed by atoms with E-state index in [1.54, 1.807) is 0 Å². The lowest BCUT2D eigenvalue weighted by atomic mass is 10.1. The van der Waals surface area contributed by atoms with E-state index in [2.05, 4.69) is 21.7 Å². The maximum absolute atomic E-state index is 5.15. The summed E-state index contributed by atoms with van der Waals surface area (Å²) in [6, 6.07) is 0. The van der Waals surface area contributed by atoms with Gasteiger partial charge in [0.2, 0.25) is 0 Å². The van der Waals surface area contributed by atoms with Crippen LogP contribution in [0.3, 0.4) is 0 Å². The number of hydrogen-bond acceptors (Lipinski definition) is 3. The number of hydrogen-bond donors (Lipinski definition) is 1. The molecular formula is C8H13N3S2. The Hall–Kier alpha value is -0.290. The lowest BCUT2D eigenvalue weighted by Crippen LogP contribution is -2.07. The second-order valence-corrected chi connectivity index (χ2v) is 4.73. The summed E-state index contributed by atoms with van der Waals surface area (Å²) in [5.41, 5.74) is 0. The normalized spacial score (nSPS) is 22.4. The van der Waals surface area contributed by atoms with Crippen molar-refractivity contribution in [2.75, 3.05) is 11.5 Å². The zero-order valence-electron chi connectivity index (χ0n) is 7.62. The molecule has 72 valence electrons. The highest BCUT2D eigenvalue weighted by Gasteiger charge is 2.22. The molecule has 1 aliphatic heterocycles. The Balaban J connectivity index is 2.33. The molecule has 5 heteroatoms. The molecule has 2 heterocycles. The summed E-state index contributed by atoms with van der Waals surface area (Å²) < 4.78 is 2.86. The van der Waals surface area contributed by atoms with E-state index in [-0.39, 0.29) is 0 Å². The zero-order chi connectivity index (χ0) is 9.26. The van der Waals surface area contributed by atoms with Gasteiger partial charge in [-0.15, -0.1) is 0 Å². The average Bonchev–Trinajstić information content (AvgIpc) is 2.71. The van der Waals surface area contributed by atoms with Crippen molar-refractivity contribution in [2.45, 2.75) is 25.8 Å². The maximum Gasteiger partial charge on any atom is 0.195 e. The Kier molecular flexibility index (Phi) is 2.74. The highest BCUT2D eigenvalue weighted by Crippen LogP contribution is 2.31. The molecule has 1 unspecified atom stereocenters. The number of aromatic amines is 1. The Bertz CT molecular complexity index is 335. The molecule has 1 atom stereocenters. The molecular weight excluding hydrogens is 202 g/mol. The average molecular weight is 215 g/mol. The quantitative estimate of drug-likeness (QED) is 0.768. The van der Waals surface area contributed by atoms with Gasteiger partial charge < -0.3 is 4.57 Å². The van der Waals surface area contributed by atoms with E-state index >= 15 is 0 Å². The van der Waals surface area contributed by atoms with Crippen LogP contribution in [0.1, 0.15) is 25.1 Å². The lowest BCUT2D eigenvalue weighted by Gasteiger charge is -2.08. The highest BCUT2D eigenvalue weighted by atomic mass is 32.2. The van der Waals surface area contributed by atoms with Crippen LogP contribution >= 0.6 is 24.0 Å². The number of rotatable bonds is 2. The number of H-pyrrole nitrogens is 1. The molecule has 1 N–H and O–H groups in total. The van der Waals surface area contributed by atoms with Gasteiger partial charge in [0.25, 0.3) is 0 Å². The number of thioether (sulfide) groups is 1. The van der Waals surface area contributed by atoms with E-state index in [0.717, 1.165) is 17.1 Å². The summed E-state index contributed by atoms with van der Waals surface area (Å²) >= 11 is 7.15. The Morgan fingerprint density at radius 2 is 2.62 bits per heavy atom. The Morgan fingerprint density at radius 1 is 1.77 bits per heavy atom. The molecule has 0 radical (unpaired) electrons. The fourth-order valence-corrected chi connectivity index (χ4v) is 3.17. The maximum atomic E-state index is 5.15. The minimum atomic E-state index is 0.609. The summed E-state index contributed by atoms with van der Waals surface area (Å²) in [4.78, 5) is 0. The molecule has 0 amide bonds. The first kappa shape index (κ1) is 9.27. The molecule has 0 aromatic carbocycles. The molecule has 0 spiro atoms.